The van der Waals surface area contributed by atoms with E-state index < -0.39 is 0 Å². The molecule has 2 aromatic rings. The van der Waals surface area contributed by atoms with Gasteiger partial charge in [0, 0.05) is 6.20 Å². The van der Waals surface area contributed by atoms with Crippen LogP contribution in [0.3, 0.4) is 0 Å². The van der Waals surface area contributed by atoms with Gasteiger partial charge in [-0.15, -0.1) is 21.8 Å². The molecule has 0 unspecified atom stereocenters. The molecule has 0 aliphatic rings. The second-order valence-corrected chi connectivity index (χ2v) is 2.95. The number of nitrogens with zero attached hydrogens (tertiary/aromatic N) is 3. The number of pyridine rings is 1. The lowest BCUT2D eigenvalue weighted by Crippen LogP contribution is -1.90. The summed E-state index contributed by atoms with van der Waals surface area (Å²) in [5.41, 5.74) is 2.03. The molecule has 0 amide bonds. The summed E-state index contributed by atoms with van der Waals surface area (Å²) in [5, 5.41) is 7.91. The van der Waals surface area contributed by atoms with Crippen molar-refractivity contribution in [2.75, 3.05) is 0 Å². The molecule has 0 N–H and O–H groups in total. The number of alkyl halides is 1. The Morgan fingerprint density at radius 2 is 2.33 bits per heavy atom. The van der Waals surface area contributed by atoms with Crippen LogP contribution in [0, 0.1) is 6.92 Å². The Hall–Kier alpha value is -1.09. The van der Waals surface area contributed by atoms with Crippen LogP contribution in [0.25, 0.3) is 5.65 Å². The van der Waals surface area contributed by atoms with Gasteiger partial charge in [-0.25, -0.2) is 0 Å². The Balaban J connectivity index is 2.73. The van der Waals surface area contributed by atoms with Gasteiger partial charge in [0.1, 0.15) is 0 Å². The second kappa shape index (κ2) is 2.75. The van der Waals surface area contributed by atoms with Crippen LogP contribution in [0.2, 0.25) is 0 Å². The van der Waals surface area contributed by atoms with Gasteiger partial charge in [0.25, 0.3) is 0 Å². The van der Waals surface area contributed by atoms with Gasteiger partial charge in [-0.2, -0.15) is 0 Å². The quantitative estimate of drug-likeness (QED) is 0.628. The molecule has 4 heteroatoms. The summed E-state index contributed by atoms with van der Waals surface area (Å²) >= 11 is 5.66. The zero-order chi connectivity index (χ0) is 8.55. The van der Waals surface area contributed by atoms with E-state index in [1.54, 1.807) is 0 Å². The van der Waals surface area contributed by atoms with Crippen molar-refractivity contribution in [2.24, 2.45) is 0 Å². The summed E-state index contributed by atoms with van der Waals surface area (Å²) in [6, 6.07) is 3.98. The van der Waals surface area contributed by atoms with Crippen LogP contribution >= 0.6 is 11.6 Å². The Morgan fingerprint density at radius 1 is 1.50 bits per heavy atom. The molecule has 0 saturated carbocycles. The van der Waals surface area contributed by atoms with E-state index in [4.69, 9.17) is 11.6 Å². The highest BCUT2D eigenvalue weighted by molar-refractivity contribution is 6.16. The highest BCUT2D eigenvalue weighted by atomic mass is 35.5. The summed E-state index contributed by atoms with van der Waals surface area (Å²) in [6.45, 7) is 2.02. The topological polar surface area (TPSA) is 30.2 Å². The third-order valence-corrected chi connectivity index (χ3v) is 1.99. The molecule has 62 valence electrons. The summed E-state index contributed by atoms with van der Waals surface area (Å²) in [7, 11) is 0. The van der Waals surface area contributed by atoms with Crippen LogP contribution in [-0.4, -0.2) is 14.6 Å². The van der Waals surface area contributed by atoms with Gasteiger partial charge < -0.3 is 0 Å². The molecule has 2 aromatic heterocycles. The van der Waals surface area contributed by atoms with E-state index in [1.165, 1.54) is 5.56 Å². The fourth-order valence-electron chi connectivity index (χ4n) is 1.13. The molecule has 0 atom stereocenters. The normalized spacial score (nSPS) is 10.8. The summed E-state index contributed by atoms with van der Waals surface area (Å²) in [5.74, 6) is 1.18. The van der Waals surface area contributed by atoms with E-state index in [9.17, 15) is 0 Å². The number of hydrogen-bond acceptors (Lipinski definition) is 2. The van der Waals surface area contributed by atoms with E-state index in [1.807, 2.05) is 29.7 Å². The first kappa shape index (κ1) is 7.55. The zero-order valence-corrected chi connectivity index (χ0v) is 7.41. The molecule has 12 heavy (non-hydrogen) atoms. The molecule has 0 saturated heterocycles. The molecular weight excluding hydrogens is 174 g/mol. The maximum atomic E-state index is 5.66. The first-order chi connectivity index (χ1) is 5.81. The van der Waals surface area contributed by atoms with Crippen LogP contribution in [0.1, 0.15) is 11.4 Å². The minimum absolute atomic E-state index is 0.393. The second-order valence-electron chi connectivity index (χ2n) is 2.68. The Bertz CT molecular complexity index is 408. The average Bonchev–Trinajstić information content (AvgIpc) is 2.46. The van der Waals surface area contributed by atoms with Crippen LogP contribution < -0.4 is 0 Å². The van der Waals surface area contributed by atoms with Gasteiger partial charge in [0.2, 0.25) is 0 Å². The molecule has 0 bridgehead atoms. The molecule has 0 aliphatic carbocycles. The standard InChI is InChI=1S/C8H8ClN3/c1-6-2-3-12-7(4-6)10-11-8(12)5-9/h2-4H,5H2,1H3. The summed E-state index contributed by atoms with van der Waals surface area (Å²) in [4.78, 5) is 0. The molecule has 2 rings (SSSR count). The molecule has 0 radical (unpaired) electrons. The maximum Gasteiger partial charge on any atom is 0.161 e. The number of halogens is 1. The first-order valence-electron chi connectivity index (χ1n) is 3.67. The lowest BCUT2D eigenvalue weighted by molar-refractivity contribution is 0.985. The molecule has 2 heterocycles. The van der Waals surface area contributed by atoms with Gasteiger partial charge in [-0.3, -0.25) is 4.40 Å². The number of aromatic nitrogens is 3. The maximum absolute atomic E-state index is 5.66. The van der Waals surface area contributed by atoms with Crippen molar-refractivity contribution in [3.05, 3.63) is 29.7 Å². The molecule has 0 aliphatic heterocycles. The van der Waals surface area contributed by atoms with E-state index in [0.717, 1.165) is 11.5 Å². The van der Waals surface area contributed by atoms with Gasteiger partial charge in [-0.05, 0) is 24.6 Å². The van der Waals surface area contributed by atoms with E-state index in [0.29, 0.717) is 5.88 Å². The van der Waals surface area contributed by atoms with Crippen molar-refractivity contribution in [1.29, 1.82) is 0 Å². The smallest absolute Gasteiger partial charge is 0.161 e. The molecule has 0 spiro atoms. The lowest BCUT2D eigenvalue weighted by Gasteiger charge is -1.95. The highest BCUT2D eigenvalue weighted by Gasteiger charge is 2.02. The largest absolute Gasteiger partial charge is 0.285 e. The van der Waals surface area contributed by atoms with Crippen LogP contribution in [0.15, 0.2) is 18.3 Å². The Morgan fingerprint density at radius 3 is 3.08 bits per heavy atom. The average molecular weight is 182 g/mol. The van der Waals surface area contributed by atoms with Crippen molar-refractivity contribution in [3.63, 3.8) is 0 Å². The van der Waals surface area contributed by atoms with Gasteiger partial charge in [0.15, 0.2) is 11.5 Å². The lowest BCUT2D eigenvalue weighted by atomic mass is 10.3. The van der Waals surface area contributed by atoms with E-state index >= 15 is 0 Å². The van der Waals surface area contributed by atoms with Crippen LogP contribution in [0.5, 0.6) is 0 Å². The van der Waals surface area contributed by atoms with Gasteiger partial charge in [0.05, 0.1) is 5.88 Å². The Labute approximate surface area is 75.0 Å². The van der Waals surface area contributed by atoms with E-state index in [2.05, 4.69) is 10.2 Å². The predicted molar refractivity (Wildman–Crippen MR) is 47.3 cm³/mol. The van der Waals surface area contributed by atoms with Crippen molar-refractivity contribution in [3.8, 4) is 0 Å². The highest BCUT2D eigenvalue weighted by Crippen LogP contribution is 2.07. The summed E-state index contributed by atoms with van der Waals surface area (Å²) < 4.78 is 1.89. The SMILES string of the molecule is Cc1ccn2c(CCl)nnc2c1. The van der Waals surface area contributed by atoms with Crippen molar-refractivity contribution in [1.82, 2.24) is 14.6 Å². The van der Waals surface area contributed by atoms with Gasteiger partial charge in [-0.1, -0.05) is 0 Å². The number of rotatable bonds is 1. The molecule has 3 nitrogen and oxygen atoms in total. The third-order valence-electron chi connectivity index (χ3n) is 1.76. The van der Waals surface area contributed by atoms with Gasteiger partial charge >= 0.3 is 0 Å². The zero-order valence-electron chi connectivity index (χ0n) is 6.66. The fourth-order valence-corrected chi connectivity index (χ4v) is 1.32. The number of hydrogen-bond donors (Lipinski definition) is 0. The number of fused-ring (bicyclic) bond motifs is 1. The number of aryl methyl sites for hydroxylation is 1. The van der Waals surface area contributed by atoms with Crippen LogP contribution in [0.4, 0.5) is 0 Å². The predicted octanol–water partition coefficient (Wildman–Crippen LogP) is 1.78. The molecule has 0 fully saturated rings. The third kappa shape index (κ3) is 1.06. The van der Waals surface area contributed by atoms with Crippen molar-refractivity contribution < 1.29 is 0 Å². The Kier molecular flexibility index (Phi) is 1.73. The first-order valence-corrected chi connectivity index (χ1v) is 4.21. The monoisotopic (exact) mass is 181 g/mol. The minimum Gasteiger partial charge on any atom is -0.285 e. The van der Waals surface area contributed by atoms with E-state index in [-0.39, 0.29) is 0 Å². The molecule has 0 aromatic carbocycles. The van der Waals surface area contributed by atoms with Crippen LogP contribution in [-0.2, 0) is 5.88 Å². The molecular formula is C8H8ClN3. The van der Waals surface area contributed by atoms with Crippen molar-refractivity contribution in [2.45, 2.75) is 12.8 Å². The summed E-state index contributed by atoms with van der Waals surface area (Å²) in [6.07, 6.45) is 1.93. The van der Waals surface area contributed by atoms with Crippen molar-refractivity contribution >= 4 is 17.2 Å². The minimum atomic E-state index is 0.393. The fraction of sp³-hybridized carbons (Fsp3) is 0.250.